The highest BCUT2D eigenvalue weighted by Crippen LogP contribution is 2.46. The lowest BCUT2D eigenvalue weighted by Gasteiger charge is -2.20. The van der Waals surface area contributed by atoms with Gasteiger partial charge in [-0.2, -0.15) is 0 Å². The largest absolute Gasteiger partial charge is 0.489 e. The number of anilines is 4. The van der Waals surface area contributed by atoms with Crippen LogP contribution in [0.2, 0.25) is 0 Å². The van der Waals surface area contributed by atoms with Crippen molar-refractivity contribution < 1.29 is 71.9 Å². The van der Waals surface area contributed by atoms with Gasteiger partial charge in [0.15, 0.2) is 0 Å². The number of amides is 7. The Kier molecular flexibility index (Phi) is 30.2. The van der Waals surface area contributed by atoms with Gasteiger partial charge in [0.2, 0.25) is 23.6 Å². The summed E-state index contributed by atoms with van der Waals surface area (Å²) in [6.07, 6.45) is 9.09. The van der Waals surface area contributed by atoms with E-state index < -0.39 is 30.1 Å². The second kappa shape index (κ2) is 41.6. The van der Waals surface area contributed by atoms with E-state index >= 15 is 0 Å². The van der Waals surface area contributed by atoms with Crippen LogP contribution in [0.25, 0.3) is 0 Å². The SMILES string of the molecule is CCOC(=O)C1C[C@H]1Cc1ccccc1.CN1C(=O)[C@@H](N)COc2ccccc21.CN1C(=O)[C@@H](NC(=O)C2C[C@H]2Cc2ccccc2)COc2ccccc21.CN1C(=O)[C@@H](NC(=O)[C@@H]2C[C@H]2Cc2ccccc2)COc2ccccc21.CN1C(=O)[C@@H](NC(=O)[C@H]2C[C@@H]2Cc2ccccc2)COc2ccccc21.Cl.O=C(O)C1C[C@H]1Cc1ccccc1. The molecule has 9 aliphatic rings. The Bertz CT molecular complexity index is 4710. The van der Waals surface area contributed by atoms with E-state index in [1.807, 2.05) is 195 Å². The van der Waals surface area contributed by atoms with Gasteiger partial charge in [-0.3, -0.25) is 43.2 Å². The second-order valence-electron chi connectivity index (χ2n) is 32.0. The number of nitrogens with two attached hydrogens (primary N) is 1. The summed E-state index contributed by atoms with van der Waals surface area (Å²) in [5.74, 6) is 3.30. The number of carboxylic acid groups (broad SMARTS) is 1. The quantitative estimate of drug-likeness (QED) is 0.0470. The van der Waals surface area contributed by atoms with Crippen molar-refractivity contribution in [3.8, 4) is 23.0 Å². The monoisotopic (exact) mass is 1660 g/mol. The summed E-state index contributed by atoms with van der Waals surface area (Å²) >= 11 is 0. The highest BCUT2D eigenvalue weighted by atomic mass is 35.5. The lowest BCUT2D eigenvalue weighted by molar-refractivity contribution is -0.145. The van der Waals surface area contributed by atoms with Crippen LogP contribution in [0.5, 0.6) is 23.0 Å². The van der Waals surface area contributed by atoms with Gasteiger partial charge in [0.1, 0.15) is 73.6 Å². The molecule has 4 heterocycles. The average Bonchev–Trinajstić information content (AvgIpc) is 1.65. The summed E-state index contributed by atoms with van der Waals surface area (Å²) < 4.78 is 27.7. The number of aliphatic carboxylic acids is 1. The van der Waals surface area contributed by atoms with Crippen molar-refractivity contribution in [1.82, 2.24) is 16.0 Å². The molecular formula is C97H107ClN8O15. The first-order chi connectivity index (χ1) is 58.2. The molecule has 24 heteroatoms. The molecule has 0 radical (unpaired) electrons. The predicted molar refractivity (Wildman–Crippen MR) is 465 cm³/mol. The molecule has 121 heavy (non-hydrogen) atoms. The molecule has 4 aliphatic heterocycles. The van der Waals surface area contributed by atoms with Gasteiger partial charge in [0.25, 0.3) is 17.7 Å². The third-order valence-electron chi connectivity index (χ3n) is 23.3. The van der Waals surface area contributed by atoms with Crippen molar-refractivity contribution in [2.45, 2.75) is 95.3 Å². The number of para-hydroxylation sites is 8. The van der Waals surface area contributed by atoms with Gasteiger partial charge < -0.3 is 70.1 Å². The van der Waals surface area contributed by atoms with Crippen LogP contribution in [0, 0.1) is 59.2 Å². The molecule has 0 spiro atoms. The van der Waals surface area contributed by atoms with Crippen molar-refractivity contribution in [2.24, 2.45) is 64.9 Å². The number of nitrogens with zero attached hydrogens (tertiary/aromatic N) is 4. The lowest BCUT2D eigenvalue weighted by Crippen LogP contribution is -2.50. The fraction of sp³-hybridized carbons (Fsp3) is 0.351. The van der Waals surface area contributed by atoms with E-state index in [0.29, 0.717) is 59.2 Å². The number of esters is 1. The van der Waals surface area contributed by atoms with Crippen LogP contribution in [0.15, 0.2) is 249 Å². The van der Waals surface area contributed by atoms with Crippen molar-refractivity contribution in [2.75, 3.05) is 80.8 Å². The number of nitrogens with one attached hydrogen (secondary N) is 3. The summed E-state index contributed by atoms with van der Waals surface area (Å²) in [5.41, 5.74) is 14.9. The van der Waals surface area contributed by atoms with Crippen LogP contribution in [0.4, 0.5) is 22.7 Å². The number of carbonyl (C=O) groups is 9. The zero-order valence-electron chi connectivity index (χ0n) is 68.8. The topological polar surface area (TPSA) is 295 Å². The van der Waals surface area contributed by atoms with E-state index in [1.54, 1.807) is 42.9 Å². The number of carbonyl (C=O) groups excluding carboxylic acids is 8. The molecule has 6 N–H and O–H groups in total. The molecule has 5 fully saturated rings. The number of halogens is 1. The molecule has 0 bridgehead atoms. The van der Waals surface area contributed by atoms with E-state index in [1.165, 1.54) is 32.7 Å². The summed E-state index contributed by atoms with van der Waals surface area (Å²) in [7, 11) is 6.84. The third kappa shape index (κ3) is 23.8. The smallest absolute Gasteiger partial charge is 0.309 e. The first-order valence-corrected chi connectivity index (χ1v) is 41.4. The fourth-order valence-corrected chi connectivity index (χ4v) is 15.7. The van der Waals surface area contributed by atoms with Crippen LogP contribution >= 0.6 is 12.4 Å². The van der Waals surface area contributed by atoms with Gasteiger partial charge in [0.05, 0.1) is 41.2 Å². The molecule has 18 rings (SSSR count). The zero-order valence-corrected chi connectivity index (χ0v) is 69.6. The van der Waals surface area contributed by atoms with E-state index in [-0.39, 0.29) is 116 Å². The summed E-state index contributed by atoms with van der Waals surface area (Å²) in [5, 5.41) is 17.4. The number of hydrogen-bond acceptors (Lipinski definition) is 15. The van der Waals surface area contributed by atoms with E-state index in [9.17, 15) is 43.2 Å². The number of benzene rings is 9. The van der Waals surface area contributed by atoms with Crippen LogP contribution in [0.1, 0.15) is 66.8 Å². The summed E-state index contributed by atoms with van der Waals surface area (Å²) in [4.78, 5) is 116. The van der Waals surface area contributed by atoms with Crippen molar-refractivity contribution in [3.63, 3.8) is 0 Å². The molecule has 0 saturated heterocycles. The Morgan fingerprint density at radius 2 is 0.579 bits per heavy atom. The first kappa shape index (κ1) is 88.0. The average molecular weight is 1660 g/mol. The van der Waals surface area contributed by atoms with Crippen LogP contribution in [-0.2, 0) is 80.0 Å². The van der Waals surface area contributed by atoms with Gasteiger partial charge in [-0.05, 0) is 177 Å². The summed E-state index contributed by atoms with van der Waals surface area (Å²) in [6, 6.07) is 78.1. The number of likely N-dealkylation sites (N-methyl/N-ethyl adjacent to an activating group) is 4. The Hall–Kier alpha value is -12.3. The molecule has 5 aliphatic carbocycles. The van der Waals surface area contributed by atoms with Gasteiger partial charge in [0, 0.05) is 45.9 Å². The van der Waals surface area contributed by atoms with Gasteiger partial charge in [-0.25, -0.2) is 0 Å². The van der Waals surface area contributed by atoms with Crippen LogP contribution in [0.3, 0.4) is 0 Å². The molecule has 7 amide bonds. The molecule has 0 aromatic heterocycles. The molecule has 14 atom stereocenters. The maximum absolute atomic E-state index is 12.7. The Labute approximate surface area is 713 Å². The van der Waals surface area contributed by atoms with E-state index in [4.69, 9.17) is 34.5 Å². The fourth-order valence-electron chi connectivity index (χ4n) is 15.7. The Morgan fingerprint density at radius 3 is 0.851 bits per heavy atom. The number of hydrogen-bond donors (Lipinski definition) is 5. The molecule has 5 saturated carbocycles. The maximum Gasteiger partial charge on any atom is 0.309 e. The van der Waals surface area contributed by atoms with Gasteiger partial charge in [-0.1, -0.05) is 200 Å². The lowest BCUT2D eigenvalue weighted by atomic mass is 10.1. The predicted octanol–water partition coefficient (Wildman–Crippen LogP) is 12.4. The molecule has 632 valence electrons. The maximum atomic E-state index is 12.7. The van der Waals surface area contributed by atoms with Crippen molar-refractivity contribution >= 4 is 88.4 Å². The highest BCUT2D eigenvalue weighted by Gasteiger charge is 2.48. The Morgan fingerprint density at radius 1 is 0.347 bits per heavy atom. The molecular weight excluding hydrogens is 1550 g/mol. The number of ether oxygens (including phenoxy) is 5. The molecule has 23 nitrogen and oxygen atoms in total. The molecule has 9 aromatic rings. The van der Waals surface area contributed by atoms with Crippen LogP contribution in [-0.4, -0.2) is 144 Å². The van der Waals surface area contributed by atoms with Crippen molar-refractivity contribution in [3.05, 3.63) is 277 Å². The third-order valence-corrected chi connectivity index (χ3v) is 23.3. The molecule has 3 unspecified atom stereocenters. The molecule has 9 aromatic carbocycles. The summed E-state index contributed by atoms with van der Waals surface area (Å²) in [6.45, 7) is 3.05. The minimum Gasteiger partial charge on any atom is -0.489 e. The van der Waals surface area contributed by atoms with E-state index in [2.05, 4.69) is 76.6 Å². The van der Waals surface area contributed by atoms with E-state index in [0.717, 1.165) is 87.0 Å². The van der Waals surface area contributed by atoms with Crippen molar-refractivity contribution in [1.29, 1.82) is 0 Å². The highest BCUT2D eigenvalue weighted by molar-refractivity contribution is 6.03. The van der Waals surface area contributed by atoms with Gasteiger partial charge in [-0.15, -0.1) is 12.4 Å². The first-order valence-electron chi connectivity index (χ1n) is 41.4. The standard InChI is InChI=1S/3C21H22N2O3.C13H16O2.C11H12O2.C10H12N2O2.ClH/c3*1-23-18-9-5-6-10-19(18)26-13-17(21(23)25)22-20(24)16-12-15(16)11-14-7-3-2-4-8-14;1-2-15-13(14)12-9-11(12)8-10-6-4-3-5-7-10;12-11(13)10-7-9(10)6-8-4-2-1-3-5-8;1-12-8-4-2-3-5-9(8)14-6-7(11)10(12)13;/h3*2-10,15-17H,11-13H2,1H3,(H,22,24);3-7,11-12H,2,8-9H2,1H3;1-5,9-10H,6-7H2,(H,12,13);2-5,7H,6,11H2,1H3;1H/t15-,16?,17+;15-,16-,17+;15-,16-,17-;11-,12?;9-,10?;7-;/m110110./s1. The minimum absolute atomic E-state index is 0. The number of fused-ring (bicyclic) bond motifs is 4. The Balaban J connectivity index is 0.000000136. The normalized spacial score (nSPS) is 23.8. The minimum atomic E-state index is -0.655. The van der Waals surface area contributed by atoms with Gasteiger partial charge >= 0.3 is 11.9 Å². The number of rotatable bonds is 19. The second-order valence-corrected chi connectivity index (χ2v) is 32.0. The number of carboxylic acids is 1. The van der Waals surface area contributed by atoms with Crippen LogP contribution < -0.4 is 60.2 Å². The zero-order chi connectivity index (χ0) is 84.3.